The van der Waals surface area contributed by atoms with E-state index in [4.69, 9.17) is 4.74 Å². The maximum absolute atomic E-state index is 6.36. The molecule has 0 spiro atoms. The van der Waals surface area contributed by atoms with E-state index in [9.17, 15) is 0 Å². The molecular weight excluding hydrogens is 548 g/mol. The summed E-state index contributed by atoms with van der Waals surface area (Å²) in [6.07, 6.45) is 36.3. The molecule has 0 bridgehead atoms. The van der Waals surface area contributed by atoms with Gasteiger partial charge in [0.25, 0.3) is 0 Å². The van der Waals surface area contributed by atoms with E-state index in [1.54, 1.807) is 0 Å². The summed E-state index contributed by atoms with van der Waals surface area (Å²) in [5.74, 6) is 1.55. The number of allylic oxidation sites excluding steroid dienone is 5. The van der Waals surface area contributed by atoms with Gasteiger partial charge < -0.3 is 14.5 Å². The minimum Gasteiger partial charge on any atom is -0.490 e. The van der Waals surface area contributed by atoms with Crippen LogP contribution in [0.3, 0.4) is 0 Å². The van der Waals surface area contributed by atoms with Crippen molar-refractivity contribution in [3.8, 4) is 0 Å². The Morgan fingerprint density at radius 2 is 1.22 bits per heavy atom. The molecule has 0 rings (SSSR count). The summed E-state index contributed by atoms with van der Waals surface area (Å²) in [5.41, 5.74) is 4.30. The normalized spacial score (nSPS) is 11.9. The van der Waals surface area contributed by atoms with Crippen molar-refractivity contribution in [3.05, 3.63) is 67.9 Å². The van der Waals surface area contributed by atoms with Crippen molar-refractivity contribution >= 4 is 0 Å². The van der Waals surface area contributed by atoms with Crippen LogP contribution >= 0.6 is 0 Å². The Morgan fingerprint density at radius 1 is 0.689 bits per heavy atom. The zero-order valence-corrected chi connectivity index (χ0v) is 30.6. The fraction of sp³-hybridized carbons (Fsp3) is 0.738. The Morgan fingerprint density at radius 3 is 1.78 bits per heavy atom. The summed E-state index contributed by atoms with van der Waals surface area (Å²) < 4.78 is 6.36. The molecule has 0 aromatic carbocycles. The van der Waals surface area contributed by atoms with Crippen LogP contribution in [0, 0.1) is 5.92 Å². The molecule has 0 fully saturated rings. The van der Waals surface area contributed by atoms with Crippen molar-refractivity contribution in [2.75, 3.05) is 32.8 Å². The molecule has 45 heavy (non-hydrogen) atoms. The molecule has 0 amide bonds. The first kappa shape index (κ1) is 43.0. The molecule has 0 aliphatic heterocycles. The second kappa shape index (κ2) is 33.4. The van der Waals surface area contributed by atoms with Crippen molar-refractivity contribution in [2.24, 2.45) is 5.92 Å². The second-order valence-corrected chi connectivity index (χ2v) is 13.1. The molecular formula is C42H76N2O. The van der Waals surface area contributed by atoms with Gasteiger partial charge in [-0.2, -0.15) is 0 Å². The van der Waals surface area contributed by atoms with Crippen LogP contribution in [0.15, 0.2) is 67.9 Å². The molecule has 260 valence electrons. The van der Waals surface area contributed by atoms with Gasteiger partial charge in [0.2, 0.25) is 0 Å². The first-order valence-corrected chi connectivity index (χ1v) is 19.1. The van der Waals surface area contributed by atoms with E-state index in [-0.39, 0.29) is 0 Å². The summed E-state index contributed by atoms with van der Waals surface area (Å²) in [4.78, 5) is 4.90. The van der Waals surface area contributed by atoms with Gasteiger partial charge >= 0.3 is 0 Å². The first-order valence-electron chi connectivity index (χ1n) is 19.1. The van der Waals surface area contributed by atoms with Gasteiger partial charge in [-0.05, 0) is 71.0 Å². The van der Waals surface area contributed by atoms with Crippen molar-refractivity contribution < 1.29 is 4.74 Å². The highest BCUT2D eigenvalue weighted by molar-refractivity contribution is 5.03. The molecule has 0 radical (unpaired) electrons. The van der Waals surface area contributed by atoms with E-state index in [1.807, 2.05) is 18.2 Å². The maximum atomic E-state index is 6.36. The highest BCUT2D eigenvalue weighted by Gasteiger charge is 2.15. The van der Waals surface area contributed by atoms with Gasteiger partial charge in [-0.1, -0.05) is 148 Å². The predicted octanol–water partition coefficient (Wildman–Crippen LogP) is 12.9. The zero-order chi connectivity index (χ0) is 33.2. The molecule has 0 aromatic rings. The molecule has 3 heteroatoms. The Labute approximate surface area is 282 Å². The third kappa shape index (κ3) is 26.9. The number of unbranched alkanes of at least 4 members (excludes halogenated alkanes) is 16. The molecule has 0 saturated carbocycles. The van der Waals surface area contributed by atoms with Crippen molar-refractivity contribution in [3.63, 3.8) is 0 Å². The van der Waals surface area contributed by atoms with Gasteiger partial charge in [-0.15, -0.1) is 6.58 Å². The summed E-state index contributed by atoms with van der Waals surface area (Å²) >= 11 is 0. The van der Waals surface area contributed by atoms with Crippen molar-refractivity contribution in [1.29, 1.82) is 0 Å². The van der Waals surface area contributed by atoms with E-state index in [2.05, 4.69) is 68.8 Å². The molecule has 3 nitrogen and oxygen atoms in total. The highest BCUT2D eigenvalue weighted by Crippen LogP contribution is 2.26. The van der Waals surface area contributed by atoms with Crippen LogP contribution in [0.5, 0.6) is 0 Å². The number of rotatable bonds is 35. The first-order chi connectivity index (χ1) is 22.0. The standard InChI is InChI=1S/C42H76N2O/c1-8-13-17-20-22-23-28-33-41(32-27-19-15-10-3)42(12-5)45-39-31-26-25-30-35-43(34-29-24-21-18-14-9-2)37-38-44(40(6)7)36-16-11-4/h9,11,16,36,41H,2,4-6,8,10,13-15,17-35,37-39H2,1,3,7H3/b36-16-. The summed E-state index contributed by atoms with van der Waals surface area (Å²) in [6, 6.07) is 0. The van der Waals surface area contributed by atoms with Gasteiger partial charge in [0.1, 0.15) is 5.76 Å². The molecule has 0 saturated heterocycles. The topological polar surface area (TPSA) is 15.7 Å². The van der Waals surface area contributed by atoms with Crippen LogP contribution in [0.2, 0.25) is 0 Å². The fourth-order valence-electron chi connectivity index (χ4n) is 5.98. The minimum atomic E-state index is 0.500. The Kier molecular flexibility index (Phi) is 31.9. The quantitative estimate of drug-likeness (QED) is 0.0229. The van der Waals surface area contributed by atoms with Crippen LogP contribution in [-0.2, 0) is 4.74 Å². The predicted molar refractivity (Wildman–Crippen MR) is 203 cm³/mol. The molecule has 0 aliphatic rings. The van der Waals surface area contributed by atoms with E-state index in [0.717, 1.165) is 44.0 Å². The lowest BCUT2D eigenvalue weighted by atomic mass is 9.92. The molecule has 0 aromatic heterocycles. The number of hydrogen-bond acceptors (Lipinski definition) is 3. The van der Waals surface area contributed by atoms with Gasteiger partial charge in [0.15, 0.2) is 0 Å². The third-order valence-corrected chi connectivity index (χ3v) is 8.92. The molecule has 0 N–H and O–H groups in total. The lowest BCUT2D eigenvalue weighted by Crippen LogP contribution is -2.33. The lowest BCUT2D eigenvalue weighted by Gasteiger charge is -2.27. The molecule has 1 unspecified atom stereocenters. The zero-order valence-electron chi connectivity index (χ0n) is 30.6. The number of ether oxygens (including phenoxy) is 1. The second-order valence-electron chi connectivity index (χ2n) is 13.1. The summed E-state index contributed by atoms with van der Waals surface area (Å²) in [7, 11) is 0. The minimum absolute atomic E-state index is 0.500. The largest absolute Gasteiger partial charge is 0.490 e. The van der Waals surface area contributed by atoms with Gasteiger partial charge in [0, 0.05) is 30.9 Å². The van der Waals surface area contributed by atoms with Crippen LogP contribution in [0.1, 0.15) is 162 Å². The van der Waals surface area contributed by atoms with Gasteiger partial charge in [-0.3, -0.25) is 0 Å². The van der Waals surface area contributed by atoms with Crippen molar-refractivity contribution in [2.45, 2.75) is 162 Å². The third-order valence-electron chi connectivity index (χ3n) is 8.92. The van der Waals surface area contributed by atoms with Crippen LogP contribution in [0.4, 0.5) is 0 Å². The highest BCUT2D eigenvalue weighted by atomic mass is 16.5. The molecule has 0 aliphatic carbocycles. The van der Waals surface area contributed by atoms with E-state index >= 15 is 0 Å². The number of nitrogens with zero attached hydrogens (tertiary/aromatic N) is 2. The average molecular weight is 625 g/mol. The monoisotopic (exact) mass is 625 g/mol. The molecule has 1 atom stereocenters. The van der Waals surface area contributed by atoms with E-state index in [0.29, 0.717) is 5.92 Å². The lowest BCUT2D eigenvalue weighted by molar-refractivity contribution is 0.162. The SMILES string of the molecule is C=C=C(OCCCCCCN(CCCCCCC=C)CCN(/C=C\C=C)C(=C)C)C(CCCCCC)CCCCCCCCC. The smallest absolute Gasteiger partial charge is 0.141 e. The maximum Gasteiger partial charge on any atom is 0.141 e. The van der Waals surface area contributed by atoms with Gasteiger partial charge in [-0.25, -0.2) is 0 Å². The Balaban J connectivity index is 4.63. The number of hydrogen-bond donors (Lipinski definition) is 0. The molecule has 0 heterocycles. The van der Waals surface area contributed by atoms with Gasteiger partial charge in [0.05, 0.1) is 6.61 Å². The average Bonchev–Trinajstić information content (AvgIpc) is 3.04. The summed E-state index contributed by atoms with van der Waals surface area (Å²) in [5, 5.41) is 0. The van der Waals surface area contributed by atoms with Crippen LogP contribution in [-0.4, -0.2) is 42.6 Å². The fourth-order valence-corrected chi connectivity index (χ4v) is 5.98. The van der Waals surface area contributed by atoms with E-state index in [1.165, 1.54) is 142 Å². The summed E-state index contributed by atoms with van der Waals surface area (Å²) in [6.45, 7) is 27.7. The Hall–Kier alpha value is -1.96. The van der Waals surface area contributed by atoms with Crippen molar-refractivity contribution in [1.82, 2.24) is 9.80 Å². The van der Waals surface area contributed by atoms with Crippen LogP contribution in [0.25, 0.3) is 0 Å². The van der Waals surface area contributed by atoms with Crippen LogP contribution < -0.4 is 0 Å². The van der Waals surface area contributed by atoms with E-state index < -0.39 is 0 Å². The Bertz CT molecular complexity index is 778.